The van der Waals surface area contributed by atoms with Gasteiger partial charge in [0.1, 0.15) is 5.75 Å². The number of carbonyl (C=O) groups is 2. The standard InChI is InChI=1S/C27H25ClF3NO6S/c1-14-18(15-7-6-8-16(11-15)25(35)38-5)13-19(26(2,3)4)23(33)22(14)24(34)32-21-10-9-17(12-20(21)28)39(36,37)27(29,30)31/h6-13,33H,1-5H3,(H,32,34). The van der Waals surface area contributed by atoms with E-state index in [1.54, 1.807) is 37.3 Å². The monoisotopic (exact) mass is 583 g/mol. The third-order valence-electron chi connectivity index (χ3n) is 5.99. The minimum atomic E-state index is -5.65. The van der Waals surface area contributed by atoms with Crippen LogP contribution in [0.5, 0.6) is 5.75 Å². The molecule has 0 aliphatic rings. The smallest absolute Gasteiger partial charge is 0.501 e. The van der Waals surface area contributed by atoms with Crippen molar-refractivity contribution < 1.29 is 41.0 Å². The second-order valence-corrected chi connectivity index (χ2v) is 12.0. The number of hydrogen-bond acceptors (Lipinski definition) is 6. The lowest BCUT2D eigenvalue weighted by atomic mass is 9.81. The Morgan fingerprint density at radius 3 is 2.21 bits per heavy atom. The average molecular weight is 584 g/mol. The number of aromatic hydroxyl groups is 1. The minimum Gasteiger partial charge on any atom is -0.507 e. The number of esters is 1. The van der Waals surface area contributed by atoms with Crippen molar-refractivity contribution in [2.45, 2.75) is 43.5 Å². The maximum atomic E-state index is 13.4. The molecular weight excluding hydrogens is 559 g/mol. The molecule has 3 aromatic carbocycles. The van der Waals surface area contributed by atoms with E-state index in [9.17, 15) is 36.3 Å². The number of nitrogens with one attached hydrogen (secondary N) is 1. The molecule has 0 aliphatic carbocycles. The molecule has 0 unspecified atom stereocenters. The number of methoxy groups -OCH3 is 1. The molecule has 12 heteroatoms. The third kappa shape index (κ3) is 5.89. The number of carbonyl (C=O) groups excluding carboxylic acids is 2. The van der Waals surface area contributed by atoms with Gasteiger partial charge in [-0.15, -0.1) is 0 Å². The van der Waals surface area contributed by atoms with Crippen LogP contribution in [0.1, 0.15) is 52.6 Å². The van der Waals surface area contributed by atoms with Crippen LogP contribution >= 0.6 is 11.6 Å². The number of anilines is 1. The van der Waals surface area contributed by atoms with Crippen molar-refractivity contribution in [3.8, 4) is 16.9 Å². The first-order valence-corrected chi connectivity index (χ1v) is 13.2. The van der Waals surface area contributed by atoms with Gasteiger partial charge in [0.05, 0.1) is 33.8 Å². The Bertz CT molecular complexity index is 1580. The van der Waals surface area contributed by atoms with Gasteiger partial charge in [0.15, 0.2) is 0 Å². The van der Waals surface area contributed by atoms with Crippen LogP contribution in [0.4, 0.5) is 18.9 Å². The van der Waals surface area contributed by atoms with E-state index in [1.807, 2.05) is 20.8 Å². The molecule has 2 N–H and O–H groups in total. The lowest BCUT2D eigenvalue weighted by Crippen LogP contribution is -2.23. The Morgan fingerprint density at radius 2 is 1.67 bits per heavy atom. The Morgan fingerprint density at radius 1 is 1.03 bits per heavy atom. The van der Waals surface area contributed by atoms with E-state index >= 15 is 0 Å². The fourth-order valence-corrected chi connectivity index (χ4v) is 5.01. The molecule has 0 aliphatic heterocycles. The summed E-state index contributed by atoms with van der Waals surface area (Å²) >= 11 is 6.04. The highest BCUT2D eigenvalue weighted by atomic mass is 35.5. The summed E-state index contributed by atoms with van der Waals surface area (Å²) in [5.41, 5.74) is -4.35. The van der Waals surface area contributed by atoms with Gasteiger partial charge in [-0.05, 0) is 65.4 Å². The van der Waals surface area contributed by atoms with Crippen molar-refractivity contribution in [2.24, 2.45) is 0 Å². The molecule has 0 saturated carbocycles. The summed E-state index contributed by atoms with van der Waals surface area (Å²) in [5.74, 6) is -1.72. The van der Waals surface area contributed by atoms with Gasteiger partial charge in [0, 0.05) is 5.56 Å². The highest BCUT2D eigenvalue weighted by Gasteiger charge is 2.47. The van der Waals surface area contributed by atoms with E-state index in [-0.39, 0.29) is 22.6 Å². The molecule has 0 spiro atoms. The number of amides is 1. The number of phenolic OH excluding ortho intramolecular Hbond substituents is 1. The molecule has 0 radical (unpaired) electrons. The highest BCUT2D eigenvalue weighted by molar-refractivity contribution is 7.92. The van der Waals surface area contributed by atoms with Crippen molar-refractivity contribution in [3.05, 3.63) is 75.8 Å². The van der Waals surface area contributed by atoms with Gasteiger partial charge in [0.2, 0.25) is 0 Å². The summed E-state index contributed by atoms with van der Waals surface area (Å²) < 4.78 is 67.0. The normalized spacial score (nSPS) is 12.2. The van der Waals surface area contributed by atoms with Crippen LogP contribution in [-0.4, -0.2) is 38.0 Å². The molecule has 208 valence electrons. The van der Waals surface area contributed by atoms with Crippen molar-refractivity contribution in [1.29, 1.82) is 0 Å². The van der Waals surface area contributed by atoms with E-state index in [2.05, 4.69) is 5.32 Å². The fourth-order valence-electron chi connectivity index (χ4n) is 3.93. The predicted octanol–water partition coefficient (Wildman–Crippen LogP) is 6.65. The number of alkyl halides is 3. The Labute approximate surface area is 228 Å². The summed E-state index contributed by atoms with van der Waals surface area (Å²) in [7, 11) is -4.40. The summed E-state index contributed by atoms with van der Waals surface area (Å²) in [6, 6.07) is 10.4. The van der Waals surface area contributed by atoms with Gasteiger partial charge in [-0.25, -0.2) is 13.2 Å². The second kappa shape index (κ2) is 10.5. The maximum Gasteiger partial charge on any atom is 0.501 e. The van der Waals surface area contributed by atoms with E-state index in [0.717, 1.165) is 6.07 Å². The van der Waals surface area contributed by atoms with Crippen LogP contribution in [0.25, 0.3) is 11.1 Å². The van der Waals surface area contributed by atoms with Gasteiger partial charge in [0.25, 0.3) is 15.7 Å². The number of halogens is 4. The Kier molecular flexibility index (Phi) is 8.10. The van der Waals surface area contributed by atoms with Crippen molar-refractivity contribution in [2.75, 3.05) is 12.4 Å². The van der Waals surface area contributed by atoms with Gasteiger partial charge < -0.3 is 15.2 Å². The fraction of sp³-hybridized carbons (Fsp3) is 0.259. The molecule has 0 fully saturated rings. The molecule has 0 atom stereocenters. The molecular formula is C27H25ClF3NO6S. The molecule has 39 heavy (non-hydrogen) atoms. The molecule has 3 rings (SSSR count). The Hall–Kier alpha value is -3.57. The van der Waals surface area contributed by atoms with Crippen molar-refractivity contribution in [1.82, 2.24) is 0 Å². The van der Waals surface area contributed by atoms with E-state index in [1.165, 1.54) is 7.11 Å². The van der Waals surface area contributed by atoms with Gasteiger partial charge >= 0.3 is 11.5 Å². The largest absolute Gasteiger partial charge is 0.507 e. The lowest BCUT2D eigenvalue weighted by molar-refractivity contribution is -0.0436. The molecule has 0 heterocycles. The van der Waals surface area contributed by atoms with Crippen molar-refractivity contribution >= 4 is 39.0 Å². The van der Waals surface area contributed by atoms with E-state index in [4.69, 9.17) is 16.3 Å². The topological polar surface area (TPSA) is 110 Å². The van der Waals surface area contributed by atoms with Crippen LogP contribution in [-0.2, 0) is 20.0 Å². The first-order valence-electron chi connectivity index (χ1n) is 11.4. The molecule has 0 saturated heterocycles. The van der Waals surface area contributed by atoms with Gasteiger partial charge in [-0.1, -0.05) is 44.5 Å². The van der Waals surface area contributed by atoms with Crippen LogP contribution in [0, 0.1) is 6.92 Å². The molecule has 1 amide bonds. The number of phenols is 1. The number of benzene rings is 3. The van der Waals surface area contributed by atoms with Crippen LogP contribution in [0.3, 0.4) is 0 Å². The lowest BCUT2D eigenvalue weighted by Gasteiger charge is -2.25. The first kappa shape index (κ1) is 30.0. The summed E-state index contributed by atoms with van der Waals surface area (Å²) in [4.78, 5) is 24.4. The summed E-state index contributed by atoms with van der Waals surface area (Å²) in [6.07, 6.45) is 0. The zero-order valence-electron chi connectivity index (χ0n) is 21.5. The Balaban J connectivity index is 2.14. The van der Waals surface area contributed by atoms with Gasteiger partial charge in [-0.3, -0.25) is 4.79 Å². The number of sulfone groups is 1. The third-order valence-corrected chi connectivity index (χ3v) is 7.79. The summed E-state index contributed by atoms with van der Waals surface area (Å²) in [6.45, 7) is 7.06. The quantitative estimate of drug-likeness (QED) is 0.325. The maximum absolute atomic E-state index is 13.4. The number of ether oxygens (including phenoxy) is 1. The molecule has 7 nitrogen and oxygen atoms in total. The van der Waals surface area contributed by atoms with Crippen LogP contribution < -0.4 is 5.32 Å². The average Bonchev–Trinajstić information content (AvgIpc) is 2.83. The second-order valence-electron chi connectivity index (χ2n) is 9.69. The zero-order valence-corrected chi connectivity index (χ0v) is 23.1. The highest BCUT2D eigenvalue weighted by Crippen LogP contribution is 2.41. The zero-order chi connectivity index (χ0) is 29.5. The molecule has 0 aromatic heterocycles. The SMILES string of the molecule is COC(=O)c1cccc(-c2cc(C(C)(C)C)c(O)c(C(=O)Nc3ccc(S(=O)(=O)C(F)(F)F)cc3Cl)c2C)c1. The van der Waals surface area contributed by atoms with E-state index < -0.39 is 42.6 Å². The first-order chi connectivity index (χ1) is 17.9. The molecule has 0 bridgehead atoms. The van der Waals surface area contributed by atoms with Crippen LogP contribution in [0.2, 0.25) is 5.02 Å². The van der Waals surface area contributed by atoms with Gasteiger partial charge in [-0.2, -0.15) is 13.2 Å². The predicted molar refractivity (Wildman–Crippen MR) is 141 cm³/mol. The van der Waals surface area contributed by atoms with Crippen LogP contribution in [0.15, 0.2) is 53.4 Å². The minimum absolute atomic E-state index is 0.135. The molecule has 3 aromatic rings. The van der Waals surface area contributed by atoms with Crippen molar-refractivity contribution in [3.63, 3.8) is 0 Å². The number of hydrogen-bond donors (Lipinski definition) is 2. The summed E-state index contributed by atoms with van der Waals surface area (Å²) in [5, 5.41) is 13.1. The van der Waals surface area contributed by atoms with E-state index in [0.29, 0.717) is 34.4 Å². The number of rotatable bonds is 5.